The zero-order chi connectivity index (χ0) is 12.7. The Morgan fingerprint density at radius 2 is 1.53 bits per heavy atom. The minimum atomic E-state index is 0.484. The SMILES string of the molecule is COCc1cc(OC)c(CNOC)cc1OC. The molecule has 1 rings (SSSR count). The summed E-state index contributed by atoms with van der Waals surface area (Å²) in [5.74, 6) is 1.56. The van der Waals surface area contributed by atoms with Crippen molar-refractivity contribution in [2.45, 2.75) is 13.2 Å². The first-order valence-electron chi connectivity index (χ1n) is 5.25. The van der Waals surface area contributed by atoms with Gasteiger partial charge in [-0.05, 0) is 12.1 Å². The first-order valence-corrected chi connectivity index (χ1v) is 5.25. The molecule has 0 fully saturated rings. The van der Waals surface area contributed by atoms with Crippen LogP contribution in [-0.4, -0.2) is 28.4 Å². The number of ether oxygens (including phenoxy) is 3. The number of hydrogen-bond acceptors (Lipinski definition) is 5. The standard InChI is InChI=1S/C12H19NO4/c1-14-8-10-6-11(15-2)9(7-13-17-4)5-12(10)16-3/h5-6,13H,7-8H2,1-4H3. The molecule has 0 aliphatic carbocycles. The molecule has 1 N–H and O–H groups in total. The summed E-state index contributed by atoms with van der Waals surface area (Å²) < 4.78 is 15.8. The number of hydrogen-bond donors (Lipinski definition) is 1. The summed E-state index contributed by atoms with van der Waals surface area (Å²) >= 11 is 0. The van der Waals surface area contributed by atoms with Crippen LogP contribution in [0.5, 0.6) is 11.5 Å². The van der Waals surface area contributed by atoms with Gasteiger partial charge in [0.05, 0.1) is 27.9 Å². The summed E-state index contributed by atoms with van der Waals surface area (Å²) in [4.78, 5) is 4.83. The molecule has 5 nitrogen and oxygen atoms in total. The molecule has 1 aromatic carbocycles. The second-order valence-corrected chi connectivity index (χ2v) is 3.43. The van der Waals surface area contributed by atoms with E-state index in [1.807, 2.05) is 12.1 Å². The van der Waals surface area contributed by atoms with E-state index in [2.05, 4.69) is 5.48 Å². The Hall–Kier alpha value is -1.30. The van der Waals surface area contributed by atoms with Crippen molar-refractivity contribution in [2.75, 3.05) is 28.4 Å². The van der Waals surface area contributed by atoms with Gasteiger partial charge < -0.3 is 19.0 Å². The Bertz CT molecular complexity index is 355. The average Bonchev–Trinajstić information content (AvgIpc) is 2.36. The number of benzene rings is 1. The Kier molecular flexibility index (Phi) is 5.76. The third-order valence-electron chi connectivity index (χ3n) is 2.39. The van der Waals surface area contributed by atoms with Crippen LogP contribution < -0.4 is 15.0 Å². The quantitative estimate of drug-likeness (QED) is 0.733. The molecule has 0 bridgehead atoms. The predicted octanol–water partition coefficient (Wildman–Crippen LogP) is 1.50. The lowest BCUT2D eigenvalue weighted by molar-refractivity contribution is 0.0860. The van der Waals surface area contributed by atoms with E-state index < -0.39 is 0 Å². The van der Waals surface area contributed by atoms with Crippen molar-refractivity contribution in [3.8, 4) is 11.5 Å². The van der Waals surface area contributed by atoms with Crippen molar-refractivity contribution in [3.63, 3.8) is 0 Å². The zero-order valence-corrected chi connectivity index (χ0v) is 10.7. The van der Waals surface area contributed by atoms with Crippen molar-refractivity contribution in [2.24, 2.45) is 0 Å². The van der Waals surface area contributed by atoms with Gasteiger partial charge in [-0.3, -0.25) is 0 Å². The monoisotopic (exact) mass is 241 g/mol. The van der Waals surface area contributed by atoms with E-state index in [9.17, 15) is 0 Å². The molecule has 0 radical (unpaired) electrons. The van der Waals surface area contributed by atoms with Crippen LogP contribution in [-0.2, 0) is 22.7 Å². The summed E-state index contributed by atoms with van der Waals surface area (Å²) in [5.41, 5.74) is 4.69. The van der Waals surface area contributed by atoms with Crippen molar-refractivity contribution in [1.82, 2.24) is 5.48 Å². The second-order valence-electron chi connectivity index (χ2n) is 3.43. The summed E-state index contributed by atoms with van der Waals surface area (Å²) in [6, 6.07) is 3.83. The Balaban J connectivity index is 3.04. The fourth-order valence-electron chi connectivity index (χ4n) is 1.58. The lowest BCUT2D eigenvalue weighted by atomic mass is 10.1. The molecule has 1 aromatic rings. The van der Waals surface area contributed by atoms with E-state index in [-0.39, 0.29) is 0 Å². The second kappa shape index (κ2) is 7.11. The highest BCUT2D eigenvalue weighted by Crippen LogP contribution is 2.29. The molecule has 0 aliphatic heterocycles. The molecule has 0 aliphatic rings. The molecule has 0 unspecified atom stereocenters. The van der Waals surface area contributed by atoms with Gasteiger partial charge in [-0.1, -0.05) is 0 Å². The van der Waals surface area contributed by atoms with Crippen LogP contribution in [0.25, 0.3) is 0 Å². The Labute approximate surface area is 102 Å². The normalized spacial score (nSPS) is 10.4. The van der Waals surface area contributed by atoms with Gasteiger partial charge in [0.1, 0.15) is 11.5 Å². The van der Waals surface area contributed by atoms with Gasteiger partial charge in [0, 0.05) is 24.8 Å². The highest BCUT2D eigenvalue weighted by atomic mass is 16.6. The first kappa shape index (κ1) is 13.8. The number of nitrogens with one attached hydrogen (secondary N) is 1. The van der Waals surface area contributed by atoms with Gasteiger partial charge in [0.15, 0.2) is 0 Å². The maximum atomic E-state index is 5.32. The van der Waals surface area contributed by atoms with E-state index >= 15 is 0 Å². The summed E-state index contributed by atoms with van der Waals surface area (Å²) in [5, 5.41) is 0. The molecule has 0 aromatic heterocycles. The van der Waals surface area contributed by atoms with E-state index in [0.717, 1.165) is 22.6 Å². The first-order chi connectivity index (χ1) is 8.26. The van der Waals surface area contributed by atoms with Crippen molar-refractivity contribution in [1.29, 1.82) is 0 Å². The maximum absolute atomic E-state index is 5.32. The van der Waals surface area contributed by atoms with Crippen molar-refractivity contribution in [3.05, 3.63) is 23.3 Å². The predicted molar refractivity (Wildman–Crippen MR) is 64.1 cm³/mol. The highest BCUT2D eigenvalue weighted by molar-refractivity contribution is 5.46. The topological polar surface area (TPSA) is 49.0 Å². The van der Waals surface area contributed by atoms with Crippen molar-refractivity contribution >= 4 is 0 Å². The number of hydroxylamine groups is 1. The van der Waals surface area contributed by atoms with Crippen LogP contribution in [0.1, 0.15) is 11.1 Å². The number of rotatable bonds is 7. The molecular formula is C12H19NO4. The smallest absolute Gasteiger partial charge is 0.124 e. The Morgan fingerprint density at radius 1 is 0.941 bits per heavy atom. The van der Waals surface area contributed by atoms with E-state index in [1.165, 1.54) is 0 Å². The van der Waals surface area contributed by atoms with E-state index in [1.54, 1.807) is 28.4 Å². The summed E-state index contributed by atoms with van der Waals surface area (Å²) in [6.07, 6.45) is 0. The van der Waals surface area contributed by atoms with E-state index in [4.69, 9.17) is 19.0 Å². The number of methoxy groups -OCH3 is 3. The summed E-state index contributed by atoms with van der Waals surface area (Å²) in [6.45, 7) is 1.03. The van der Waals surface area contributed by atoms with Gasteiger partial charge in [-0.25, -0.2) is 0 Å². The van der Waals surface area contributed by atoms with Crippen LogP contribution in [0, 0.1) is 0 Å². The van der Waals surface area contributed by atoms with Crippen LogP contribution in [0.15, 0.2) is 12.1 Å². The lowest BCUT2D eigenvalue weighted by Gasteiger charge is -2.14. The Morgan fingerprint density at radius 3 is 2.06 bits per heavy atom. The average molecular weight is 241 g/mol. The molecular weight excluding hydrogens is 222 g/mol. The zero-order valence-electron chi connectivity index (χ0n) is 10.7. The van der Waals surface area contributed by atoms with Crippen LogP contribution in [0.3, 0.4) is 0 Å². The maximum Gasteiger partial charge on any atom is 0.124 e. The molecule has 0 heterocycles. The van der Waals surface area contributed by atoms with Gasteiger partial charge in [0.25, 0.3) is 0 Å². The van der Waals surface area contributed by atoms with Crippen LogP contribution >= 0.6 is 0 Å². The minimum Gasteiger partial charge on any atom is -0.496 e. The molecule has 5 heteroatoms. The third-order valence-corrected chi connectivity index (χ3v) is 2.39. The van der Waals surface area contributed by atoms with Crippen molar-refractivity contribution < 1.29 is 19.0 Å². The fraction of sp³-hybridized carbons (Fsp3) is 0.500. The van der Waals surface area contributed by atoms with Gasteiger partial charge in [-0.15, -0.1) is 0 Å². The van der Waals surface area contributed by atoms with Gasteiger partial charge in [-0.2, -0.15) is 5.48 Å². The molecule has 0 amide bonds. The van der Waals surface area contributed by atoms with Crippen LogP contribution in [0.2, 0.25) is 0 Å². The van der Waals surface area contributed by atoms with Gasteiger partial charge in [0.2, 0.25) is 0 Å². The molecule has 0 atom stereocenters. The molecule has 0 saturated heterocycles. The molecule has 0 saturated carbocycles. The van der Waals surface area contributed by atoms with Gasteiger partial charge >= 0.3 is 0 Å². The molecule has 96 valence electrons. The minimum absolute atomic E-state index is 0.484. The lowest BCUT2D eigenvalue weighted by Crippen LogP contribution is -2.12. The van der Waals surface area contributed by atoms with Crippen LogP contribution in [0.4, 0.5) is 0 Å². The summed E-state index contributed by atoms with van der Waals surface area (Å²) in [7, 11) is 6.48. The molecule has 17 heavy (non-hydrogen) atoms. The third kappa shape index (κ3) is 3.59. The highest BCUT2D eigenvalue weighted by Gasteiger charge is 2.10. The largest absolute Gasteiger partial charge is 0.496 e. The molecule has 0 spiro atoms. The van der Waals surface area contributed by atoms with E-state index in [0.29, 0.717) is 13.2 Å². The fourth-order valence-corrected chi connectivity index (χ4v) is 1.58.